The summed E-state index contributed by atoms with van der Waals surface area (Å²) in [6.07, 6.45) is 1.06. The van der Waals surface area contributed by atoms with Crippen LogP contribution in [-0.4, -0.2) is 59.6 Å². The van der Waals surface area contributed by atoms with Crippen LogP contribution in [0, 0.1) is 5.92 Å². The van der Waals surface area contributed by atoms with Crippen molar-refractivity contribution in [3.05, 3.63) is 70.8 Å². The molecule has 152 valence electrons. The summed E-state index contributed by atoms with van der Waals surface area (Å²) in [6.45, 7) is 3.94. The standard InChI is InChI=1S/C23H26N2O4/c26-22(25-11-12-29-16-21(15-25)23(27)28)19-7-5-17(6-8-19)13-24-10-9-18-3-1-2-4-20(18)14-24/h1-8,21H,9-16H2,(H,27,28). The number of nitrogens with zero attached hydrogens (tertiary/aromatic N) is 2. The average Bonchev–Trinajstić information content (AvgIpc) is 3.00. The summed E-state index contributed by atoms with van der Waals surface area (Å²) in [5.74, 6) is -1.74. The Hall–Kier alpha value is -2.70. The first-order chi connectivity index (χ1) is 14.1. The first kappa shape index (κ1) is 19.6. The number of rotatable bonds is 4. The Morgan fingerprint density at radius 3 is 2.55 bits per heavy atom. The Bertz CT molecular complexity index is 881. The largest absolute Gasteiger partial charge is 0.481 e. The molecule has 0 radical (unpaired) electrons. The lowest BCUT2D eigenvalue weighted by Gasteiger charge is -2.28. The molecular weight excluding hydrogens is 368 g/mol. The highest BCUT2D eigenvalue weighted by atomic mass is 16.5. The molecule has 2 aromatic carbocycles. The van der Waals surface area contributed by atoms with Crippen molar-refractivity contribution in [2.75, 3.05) is 32.8 Å². The van der Waals surface area contributed by atoms with Crippen LogP contribution in [0.15, 0.2) is 48.5 Å². The van der Waals surface area contributed by atoms with E-state index in [-0.39, 0.29) is 19.1 Å². The van der Waals surface area contributed by atoms with Gasteiger partial charge in [0.15, 0.2) is 0 Å². The van der Waals surface area contributed by atoms with Gasteiger partial charge in [-0.2, -0.15) is 0 Å². The average molecular weight is 394 g/mol. The van der Waals surface area contributed by atoms with Crippen LogP contribution >= 0.6 is 0 Å². The third kappa shape index (κ3) is 4.66. The van der Waals surface area contributed by atoms with Crippen molar-refractivity contribution in [1.82, 2.24) is 9.80 Å². The van der Waals surface area contributed by atoms with Crippen molar-refractivity contribution >= 4 is 11.9 Å². The summed E-state index contributed by atoms with van der Waals surface area (Å²) in [4.78, 5) is 28.1. The zero-order valence-corrected chi connectivity index (χ0v) is 16.4. The molecule has 0 spiro atoms. The third-order valence-electron chi connectivity index (χ3n) is 5.72. The summed E-state index contributed by atoms with van der Waals surface area (Å²) >= 11 is 0. The summed E-state index contributed by atoms with van der Waals surface area (Å²) in [5, 5.41) is 9.26. The molecule has 2 heterocycles. The van der Waals surface area contributed by atoms with Crippen LogP contribution in [0.3, 0.4) is 0 Å². The van der Waals surface area contributed by atoms with E-state index in [0.717, 1.165) is 26.1 Å². The van der Waals surface area contributed by atoms with Crippen LogP contribution < -0.4 is 0 Å². The van der Waals surface area contributed by atoms with Crippen LogP contribution in [0.25, 0.3) is 0 Å². The number of amides is 1. The van der Waals surface area contributed by atoms with Gasteiger partial charge in [-0.05, 0) is 35.2 Å². The minimum absolute atomic E-state index is 0.139. The molecule has 1 unspecified atom stereocenters. The Morgan fingerprint density at radius 2 is 1.79 bits per heavy atom. The number of ether oxygens (including phenoxy) is 1. The number of hydrogen-bond donors (Lipinski definition) is 1. The fraction of sp³-hybridized carbons (Fsp3) is 0.391. The van der Waals surface area contributed by atoms with E-state index >= 15 is 0 Å². The lowest BCUT2D eigenvalue weighted by Crippen LogP contribution is -2.38. The summed E-state index contributed by atoms with van der Waals surface area (Å²) < 4.78 is 5.33. The molecule has 1 fully saturated rings. The zero-order valence-electron chi connectivity index (χ0n) is 16.4. The van der Waals surface area contributed by atoms with Crippen LogP contribution in [-0.2, 0) is 29.0 Å². The smallest absolute Gasteiger partial charge is 0.310 e. The van der Waals surface area contributed by atoms with Crippen molar-refractivity contribution in [2.45, 2.75) is 19.5 Å². The molecule has 6 heteroatoms. The van der Waals surface area contributed by atoms with E-state index in [1.807, 2.05) is 24.3 Å². The van der Waals surface area contributed by atoms with Crippen molar-refractivity contribution in [3.63, 3.8) is 0 Å². The normalized spacial score (nSPS) is 20.0. The molecule has 0 saturated carbocycles. The van der Waals surface area contributed by atoms with Gasteiger partial charge in [0.05, 0.1) is 19.1 Å². The Morgan fingerprint density at radius 1 is 1.03 bits per heavy atom. The Balaban J connectivity index is 1.39. The van der Waals surface area contributed by atoms with Gasteiger partial charge in [-0.3, -0.25) is 14.5 Å². The minimum atomic E-state index is -0.928. The SMILES string of the molecule is O=C(O)C1COCCN(C(=O)c2ccc(CN3CCc4ccccc4C3)cc2)C1. The summed E-state index contributed by atoms with van der Waals surface area (Å²) in [6, 6.07) is 16.3. The molecule has 2 aromatic rings. The number of aliphatic carboxylic acids is 1. The third-order valence-corrected chi connectivity index (χ3v) is 5.72. The molecule has 6 nitrogen and oxygen atoms in total. The summed E-state index contributed by atoms with van der Waals surface area (Å²) in [7, 11) is 0. The maximum absolute atomic E-state index is 12.8. The first-order valence-electron chi connectivity index (χ1n) is 10.1. The van der Waals surface area contributed by atoms with Gasteiger partial charge in [0.25, 0.3) is 5.91 Å². The highest BCUT2D eigenvalue weighted by Crippen LogP contribution is 2.21. The van der Waals surface area contributed by atoms with Crippen molar-refractivity contribution in [2.24, 2.45) is 5.92 Å². The number of benzene rings is 2. The van der Waals surface area contributed by atoms with Gasteiger partial charge < -0.3 is 14.7 Å². The Labute approximate surface area is 170 Å². The number of hydrogen-bond acceptors (Lipinski definition) is 4. The second-order valence-electron chi connectivity index (χ2n) is 7.79. The van der Waals surface area contributed by atoms with Crippen molar-refractivity contribution < 1.29 is 19.4 Å². The molecule has 0 bridgehead atoms. The monoisotopic (exact) mass is 394 g/mol. The van der Waals surface area contributed by atoms with E-state index in [4.69, 9.17) is 4.74 Å². The number of carboxylic acid groups (broad SMARTS) is 1. The van der Waals surface area contributed by atoms with E-state index in [1.165, 1.54) is 16.7 Å². The van der Waals surface area contributed by atoms with Gasteiger partial charge in [0.2, 0.25) is 0 Å². The van der Waals surface area contributed by atoms with Crippen LogP contribution in [0.1, 0.15) is 27.0 Å². The maximum Gasteiger partial charge on any atom is 0.310 e. The molecule has 4 rings (SSSR count). The maximum atomic E-state index is 12.8. The predicted molar refractivity (Wildman–Crippen MR) is 109 cm³/mol. The van der Waals surface area contributed by atoms with Gasteiger partial charge >= 0.3 is 5.97 Å². The van der Waals surface area contributed by atoms with Gasteiger partial charge in [0.1, 0.15) is 0 Å². The fourth-order valence-corrected chi connectivity index (χ4v) is 4.03. The van der Waals surface area contributed by atoms with E-state index < -0.39 is 11.9 Å². The molecule has 1 amide bonds. The van der Waals surface area contributed by atoms with Crippen molar-refractivity contribution in [3.8, 4) is 0 Å². The second kappa shape index (κ2) is 8.76. The lowest BCUT2D eigenvalue weighted by molar-refractivity contribution is -0.143. The van der Waals surface area contributed by atoms with Gasteiger partial charge in [0, 0.05) is 38.3 Å². The molecule has 1 N–H and O–H groups in total. The van der Waals surface area contributed by atoms with E-state index in [2.05, 4.69) is 29.2 Å². The molecule has 2 aliphatic rings. The van der Waals surface area contributed by atoms with Crippen LogP contribution in [0.2, 0.25) is 0 Å². The van der Waals surface area contributed by atoms with Crippen molar-refractivity contribution in [1.29, 1.82) is 0 Å². The molecule has 2 aliphatic heterocycles. The molecule has 1 atom stereocenters. The Kier molecular flexibility index (Phi) is 5.92. The highest BCUT2D eigenvalue weighted by Gasteiger charge is 2.27. The number of carbonyl (C=O) groups excluding carboxylic acids is 1. The quantitative estimate of drug-likeness (QED) is 0.863. The van der Waals surface area contributed by atoms with Gasteiger partial charge in [-0.25, -0.2) is 0 Å². The van der Waals surface area contributed by atoms with E-state index in [9.17, 15) is 14.7 Å². The lowest BCUT2D eigenvalue weighted by atomic mass is 9.99. The summed E-state index contributed by atoms with van der Waals surface area (Å²) in [5.41, 5.74) is 4.58. The molecule has 1 saturated heterocycles. The topological polar surface area (TPSA) is 70.1 Å². The molecule has 0 aromatic heterocycles. The van der Waals surface area contributed by atoms with Crippen LogP contribution in [0.5, 0.6) is 0 Å². The van der Waals surface area contributed by atoms with Gasteiger partial charge in [-0.1, -0.05) is 36.4 Å². The number of carboxylic acids is 1. The van der Waals surface area contributed by atoms with E-state index in [0.29, 0.717) is 18.7 Å². The highest BCUT2D eigenvalue weighted by molar-refractivity contribution is 5.94. The number of fused-ring (bicyclic) bond motifs is 1. The first-order valence-corrected chi connectivity index (χ1v) is 10.1. The second-order valence-corrected chi connectivity index (χ2v) is 7.79. The van der Waals surface area contributed by atoms with Gasteiger partial charge in [-0.15, -0.1) is 0 Å². The van der Waals surface area contributed by atoms with Crippen LogP contribution in [0.4, 0.5) is 0 Å². The molecular formula is C23H26N2O4. The molecule has 0 aliphatic carbocycles. The fourth-order valence-electron chi connectivity index (χ4n) is 4.03. The number of carbonyl (C=O) groups is 2. The minimum Gasteiger partial charge on any atom is -0.481 e. The molecule has 29 heavy (non-hydrogen) atoms. The zero-order chi connectivity index (χ0) is 20.2. The predicted octanol–water partition coefficient (Wildman–Crippen LogP) is 2.42. The van der Waals surface area contributed by atoms with E-state index in [1.54, 1.807) is 4.90 Å².